The summed E-state index contributed by atoms with van der Waals surface area (Å²) < 4.78 is 18.8. The molecular formula is C23H22FN3O2. The Balaban J connectivity index is 1.42. The molecule has 3 aromatic rings. The smallest absolute Gasteiger partial charge is 0.259 e. The Morgan fingerprint density at radius 2 is 1.79 bits per heavy atom. The molecule has 0 bridgehead atoms. The summed E-state index contributed by atoms with van der Waals surface area (Å²) >= 11 is 0. The Labute approximate surface area is 169 Å². The molecule has 1 aromatic heterocycles. The van der Waals surface area contributed by atoms with Gasteiger partial charge in [0.2, 0.25) is 0 Å². The number of anilines is 2. The van der Waals surface area contributed by atoms with Crippen molar-refractivity contribution in [2.75, 3.05) is 23.3 Å². The Morgan fingerprint density at radius 1 is 1.03 bits per heavy atom. The number of nitrogens with one attached hydrogen (secondary N) is 1. The molecule has 0 aliphatic carbocycles. The van der Waals surface area contributed by atoms with E-state index in [1.165, 1.54) is 25.0 Å². The number of rotatable bonds is 6. The molecule has 1 saturated heterocycles. The van der Waals surface area contributed by atoms with Crippen LogP contribution in [0.1, 0.15) is 28.8 Å². The second kappa shape index (κ2) is 8.73. The largest absolute Gasteiger partial charge is 0.488 e. The summed E-state index contributed by atoms with van der Waals surface area (Å²) in [6.07, 6.45) is 4.05. The normalized spacial score (nSPS) is 13.3. The first-order valence-corrected chi connectivity index (χ1v) is 9.68. The molecule has 0 spiro atoms. The van der Waals surface area contributed by atoms with Crippen molar-refractivity contribution in [3.8, 4) is 5.75 Å². The minimum atomic E-state index is -0.294. The highest BCUT2D eigenvalue weighted by Crippen LogP contribution is 2.23. The summed E-state index contributed by atoms with van der Waals surface area (Å²) in [7, 11) is 0. The third-order valence-electron chi connectivity index (χ3n) is 4.88. The standard InChI is InChI=1S/C23H22FN3O2/c24-18-9-7-17(8-10-18)16-29-21-6-2-1-5-20(21)23(28)26-19-11-12-22(25-15-19)27-13-3-4-14-27/h1-2,5-12,15H,3-4,13-14,16H2,(H,26,28). The number of hydrogen-bond acceptors (Lipinski definition) is 4. The van der Waals surface area contributed by atoms with Crippen molar-refractivity contribution in [1.29, 1.82) is 0 Å². The van der Waals surface area contributed by atoms with Crippen LogP contribution in [0, 0.1) is 5.82 Å². The topological polar surface area (TPSA) is 54.5 Å². The molecule has 2 heterocycles. The minimum Gasteiger partial charge on any atom is -0.488 e. The van der Waals surface area contributed by atoms with E-state index in [1.54, 1.807) is 36.5 Å². The van der Waals surface area contributed by atoms with Gasteiger partial charge in [0, 0.05) is 13.1 Å². The summed E-state index contributed by atoms with van der Waals surface area (Å²) in [6, 6.07) is 16.9. The molecule has 148 valence electrons. The third-order valence-corrected chi connectivity index (χ3v) is 4.88. The molecule has 0 radical (unpaired) electrons. The molecule has 0 unspecified atom stereocenters. The number of amides is 1. The molecule has 1 aliphatic rings. The van der Waals surface area contributed by atoms with Gasteiger partial charge in [0.15, 0.2) is 0 Å². The fourth-order valence-electron chi connectivity index (χ4n) is 3.31. The van der Waals surface area contributed by atoms with Gasteiger partial charge >= 0.3 is 0 Å². The first-order valence-electron chi connectivity index (χ1n) is 9.68. The number of halogens is 1. The van der Waals surface area contributed by atoms with Crippen LogP contribution in [0.5, 0.6) is 5.75 Å². The highest BCUT2D eigenvalue weighted by atomic mass is 19.1. The molecule has 1 aliphatic heterocycles. The van der Waals surface area contributed by atoms with Gasteiger partial charge in [-0.05, 0) is 54.8 Å². The molecule has 5 nitrogen and oxygen atoms in total. The zero-order valence-electron chi connectivity index (χ0n) is 16.0. The fraction of sp³-hybridized carbons (Fsp3) is 0.217. The van der Waals surface area contributed by atoms with Gasteiger partial charge < -0.3 is 15.0 Å². The SMILES string of the molecule is O=C(Nc1ccc(N2CCCC2)nc1)c1ccccc1OCc1ccc(F)cc1. The molecule has 6 heteroatoms. The van der Waals surface area contributed by atoms with Gasteiger partial charge in [0.1, 0.15) is 24.0 Å². The Bertz CT molecular complexity index is 968. The van der Waals surface area contributed by atoms with Crippen LogP contribution >= 0.6 is 0 Å². The molecular weight excluding hydrogens is 369 g/mol. The van der Waals surface area contributed by atoms with E-state index in [1.807, 2.05) is 18.2 Å². The van der Waals surface area contributed by atoms with Gasteiger partial charge in [-0.15, -0.1) is 0 Å². The van der Waals surface area contributed by atoms with Crippen LogP contribution < -0.4 is 15.0 Å². The maximum absolute atomic E-state index is 13.0. The van der Waals surface area contributed by atoms with Crippen molar-refractivity contribution in [2.24, 2.45) is 0 Å². The first kappa shape index (κ1) is 18.9. The van der Waals surface area contributed by atoms with Crippen LogP contribution in [0.25, 0.3) is 0 Å². The lowest BCUT2D eigenvalue weighted by atomic mass is 10.1. The van der Waals surface area contributed by atoms with Crippen molar-refractivity contribution in [2.45, 2.75) is 19.4 Å². The molecule has 0 atom stereocenters. The lowest BCUT2D eigenvalue weighted by molar-refractivity contribution is 0.102. The maximum Gasteiger partial charge on any atom is 0.259 e. The van der Waals surface area contributed by atoms with Crippen LogP contribution in [0.3, 0.4) is 0 Å². The average Bonchev–Trinajstić information content (AvgIpc) is 3.29. The van der Waals surface area contributed by atoms with Crippen molar-refractivity contribution in [1.82, 2.24) is 4.98 Å². The zero-order chi connectivity index (χ0) is 20.1. The van der Waals surface area contributed by atoms with Crippen LogP contribution in [0.15, 0.2) is 66.9 Å². The van der Waals surface area contributed by atoms with Crippen LogP contribution in [-0.4, -0.2) is 24.0 Å². The molecule has 4 rings (SSSR count). The third kappa shape index (κ3) is 4.71. The van der Waals surface area contributed by atoms with E-state index in [-0.39, 0.29) is 18.3 Å². The van der Waals surface area contributed by atoms with Crippen LogP contribution in [0.4, 0.5) is 15.9 Å². The quantitative estimate of drug-likeness (QED) is 0.664. The Kier molecular flexibility index (Phi) is 5.70. The van der Waals surface area contributed by atoms with Gasteiger partial charge in [0.25, 0.3) is 5.91 Å². The molecule has 1 N–H and O–H groups in total. The number of nitrogens with zero attached hydrogens (tertiary/aromatic N) is 2. The van der Waals surface area contributed by atoms with E-state index in [0.29, 0.717) is 17.0 Å². The van der Waals surface area contributed by atoms with Crippen molar-refractivity contribution in [3.05, 3.63) is 83.8 Å². The van der Waals surface area contributed by atoms with E-state index in [0.717, 1.165) is 24.5 Å². The zero-order valence-corrected chi connectivity index (χ0v) is 16.0. The van der Waals surface area contributed by atoms with E-state index in [2.05, 4.69) is 15.2 Å². The number of ether oxygens (including phenoxy) is 1. The van der Waals surface area contributed by atoms with Crippen LogP contribution in [-0.2, 0) is 6.61 Å². The van der Waals surface area contributed by atoms with Gasteiger partial charge in [-0.2, -0.15) is 0 Å². The number of aromatic nitrogens is 1. The summed E-state index contributed by atoms with van der Waals surface area (Å²) in [5, 5.41) is 2.87. The van der Waals surface area contributed by atoms with Gasteiger partial charge in [0.05, 0.1) is 17.4 Å². The predicted molar refractivity (Wildman–Crippen MR) is 111 cm³/mol. The molecule has 2 aromatic carbocycles. The number of para-hydroxylation sites is 1. The highest BCUT2D eigenvalue weighted by molar-refractivity contribution is 6.06. The van der Waals surface area contributed by atoms with Gasteiger partial charge in [-0.25, -0.2) is 9.37 Å². The molecule has 1 amide bonds. The van der Waals surface area contributed by atoms with Crippen molar-refractivity contribution in [3.63, 3.8) is 0 Å². The molecule has 0 saturated carbocycles. The Hall–Kier alpha value is -3.41. The van der Waals surface area contributed by atoms with Gasteiger partial charge in [-0.3, -0.25) is 4.79 Å². The fourth-order valence-corrected chi connectivity index (χ4v) is 3.31. The van der Waals surface area contributed by atoms with Crippen molar-refractivity contribution < 1.29 is 13.9 Å². The summed E-state index contributed by atoms with van der Waals surface area (Å²) in [5.41, 5.74) is 1.88. The summed E-state index contributed by atoms with van der Waals surface area (Å²) in [5.74, 6) is 0.841. The summed E-state index contributed by atoms with van der Waals surface area (Å²) in [4.78, 5) is 19.5. The maximum atomic E-state index is 13.0. The lowest BCUT2D eigenvalue weighted by Gasteiger charge is -2.16. The van der Waals surface area contributed by atoms with E-state index in [9.17, 15) is 9.18 Å². The number of hydrogen-bond donors (Lipinski definition) is 1. The monoisotopic (exact) mass is 391 g/mol. The minimum absolute atomic E-state index is 0.247. The van der Waals surface area contributed by atoms with Gasteiger partial charge in [-0.1, -0.05) is 24.3 Å². The average molecular weight is 391 g/mol. The lowest BCUT2D eigenvalue weighted by Crippen LogP contribution is -2.19. The first-order chi connectivity index (χ1) is 14.2. The van der Waals surface area contributed by atoms with Crippen LogP contribution in [0.2, 0.25) is 0 Å². The number of carbonyl (C=O) groups excluding carboxylic acids is 1. The molecule has 1 fully saturated rings. The Morgan fingerprint density at radius 3 is 2.52 bits per heavy atom. The number of benzene rings is 2. The second-order valence-electron chi connectivity index (χ2n) is 6.96. The number of carbonyl (C=O) groups is 1. The molecule has 29 heavy (non-hydrogen) atoms. The van der Waals surface area contributed by atoms with E-state index >= 15 is 0 Å². The summed E-state index contributed by atoms with van der Waals surface area (Å²) in [6.45, 7) is 2.30. The number of pyridine rings is 1. The predicted octanol–water partition coefficient (Wildman–Crippen LogP) is 4.65. The van der Waals surface area contributed by atoms with E-state index < -0.39 is 0 Å². The second-order valence-corrected chi connectivity index (χ2v) is 6.96. The van der Waals surface area contributed by atoms with E-state index in [4.69, 9.17) is 4.74 Å². The van der Waals surface area contributed by atoms with Crippen molar-refractivity contribution >= 4 is 17.4 Å². The highest BCUT2D eigenvalue weighted by Gasteiger charge is 2.15.